The minimum atomic E-state index is -0.258. The third-order valence-corrected chi connectivity index (χ3v) is 6.25. The molecule has 3 aromatic rings. The highest BCUT2D eigenvalue weighted by atomic mass is 19.1. The zero-order valence-corrected chi connectivity index (χ0v) is 19.1. The molecule has 33 heavy (non-hydrogen) atoms. The summed E-state index contributed by atoms with van der Waals surface area (Å²) in [5.41, 5.74) is 2.59. The second kappa shape index (κ2) is 11.0. The number of aromatic amines is 1. The van der Waals surface area contributed by atoms with Gasteiger partial charge in [-0.3, -0.25) is 9.89 Å². The molecule has 174 valence electrons. The fourth-order valence-corrected chi connectivity index (χ4v) is 4.33. The first-order valence-corrected chi connectivity index (χ1v) is 11.7. The molecule has 7 nitrogen and oxygen atoms in total. The van der Waals surface area contributed by atoms with Crippen molar-refractivity contribution >= 4 is 11.9 Å². The summed E-state index contributed by atoms with van der Waals surface area (Å²) in [4.78, 5) is 25.5. The third kappa shape index (κ3) is 6.15. The first-order chi connectivity index (χ1) is 16.1. The lowest BCUT2D eigenvalue weighted by Gasteiger charge is -2.33. The van der Waals surface area contributed by atoms with Gasteiger partial charge in [0.1, 0.15) is 5.82 Å². The second-order valence-corrected chi connectivity index (χ2v) is 8.67. The van der Waals surface area contributed by atoms with E-state index in [4.69, 9.17) is 0 Å². The largest absolute Gasteiger partial charge is 0.346 e. The fourth-order valence-electron chi connectivity index (χ4n) is 4.33. The summed E-state index contributed by atoms with van der Waals surface area (Å²) in [5.74, 6) is 0.821. The lowest BCUT2D eigenvalue weighted by atomic mass is 9.95. The van der Waals surface area contributed by atoms with Crippen molar-refractivity contribution in [2.75, 3.05) is 31.6 Å². The number of hydrogen-bond acceptors (Lipinski definition) is 5. The van der Waals surface area contributed by atoms with Crippen molar-refractivity contribution in [1.29, 1.82) is 0 Å². The van der Waals surface area contributed by atoms with E-state index in [9.17, 15) is 9.18 Å². The van der Waals surface area contributed by atoms with Crippen molar-refractivity contribution in [1.82, 2.24) is 25.1 Å². The maximum Gasteiger partial charge on any atom is 0.225 e. The molecule has 0 aliphatic carbocycles. The number of hydrogen-bond donors (Lipinski definition) is 1. The van der Waals surface area contributed by atoms with E-state index in [2.05, 4.69) is 25.1 Å². The predicted molar refractivity (Wildman–Crippen MR) is 126 cm³/mol. The minimum absolute atomic E-state index is 0.0844. The van der Waals surface area contributed by atoms with Crippen molar-refractivity contribution in [3.8, 4) is 11.3 Å². The smallest absolute Gasteiger partial charge is 0.225 e. The Morgan fingerprint density at radius 1 is 1.12 bits per heavy atom. The van der Waals surface area contributed by atoms with Crippen molar-refractivity contribution in [3.05, 3.63) is 60.3 Å². The van der Waals surface area contributed by atoms with E-state index in [1.54, 1.807) is 18.5 Å². The summed E-state index contributed by atoms with van der Waals surface area (Å²) in [7, 11) is 1.91. The van der Waals surface area contributed by atoms with Crippen LogP contribution < -0.4 is 4.90 Å². The van der Waals surface area contributed by atoms with Gasteiger partial charge in [-0.2, -0.15) is 5.10 Å². The van der Waals surface area contributed by atoms with Gasteiger partial charge in [0.05, 0.1) is 5.69 Å². The maximum atomic E-state index is 13.4. The van der Waals surface area contributed by atoms with Crippen LogP contribution in [0.25, 0.3) is 11.3 Å². The number of aryl methyl sites for hydroxylation is 1. The Kier molecular flexibility index (Phi) is 7.65. The van der Waals surface area contributed by atoms with Gasteiger partial charge in [-0.15, -0.1) is 0 Å². The number of unbranched alkanes of at least 4 members (excludes halogenated alkanes) is 2. The fraction of sp³-hybridized carbons (Fsp3) is 0.440. The number of amides is 1. The van der Waals surface area contributed by atoms with E-state index < -0.39 is 0 Å². The van der Waals surface area contributed by atoms with Gasteiger partial charge in [0, 0.05) is 56.3 Å². The van der Waals surface area contributed by atoms with Gasteiger partial charge in [0.15, 0.2) is 0 Å². The molecule has 2 aromatic heterocycles. The Morgan fingerprint density at radius 3 is 2.67 bits per heavy atom. The minimum Gasteiger partial charge on any atom is -0.346 e. The summed E-state index contributed by atoms with van der Waals surface area (Å²) in [6.07, 6.45) is 9.11. The normalized spacial score (nSPS) is 14.4. The Labute approximate surface area is 194 Å². The Balaban J connectivity index is 1.14. The van der Waals surface area contributed by atoms with Crippen LogP contribution in [0.4, 0.5) is 10.3 Å². The molecular formula is C25H31FN6O. The molecule has 1 saturated heterocycles. The van der Waals surface area contributed by atoms with Crippen LogP contribution in [0.3, 0.4) is 0 Å². The molecule has 0 spiro atoms. The number of rotatable bonds is 9. The molecule has 3 heterocycles. The topological polar surface area (TPSA) is 78.0 Å². The molecule has 0 radical (unpaired) electrons. The monoisotopic (exact) mass is 450 g/mol. The van der Waals surface area contributed by atoms with Crippen molar-refractivity contribution in [3.63, 3.8) is 0 Å². The zero-order valence-electron chi connectivity index (χ0n) is 19.1. The van der Waals surface area contributed by atoms with Crippen molar-refractivity contribution < 1.29 is 9.18 Å². The predicted octanol–water partition coefficient (Wildman–Crippen LogP) is 4.09. The van der Waals surface area contributed by atoms with Crippen LogP contribution in [0, 0.1) is 11.7 Å². The number of nitrogens with one attached hydrogen (secondary N) is 1. The number of aromatic nitrogens is 4. The summed E-state index contributed by atoms with van der Waals surface area (Å²) in [5, 5.41) is 7.35. The Morgan fingerprint density at radius 2 is 1.91 bits per heavy atom. The van der Waals surface area contributed by atoms with Crippen LogP contribution in [-0.2, 0) is 11.2 Å². The summed E-state index contributed by atoms with van der Waals surface area (Å²) < 4.78 is 13.4. The molecule has 0 unspecified atom stereocenters. The van der Waals surface area contributed by atoms with Crippen molar-refractivity contribution in [2.24, 2.45) is 5.92 Å². The molecule has 8 heteroatoms. The highest BCUT2D eigenvalue weighted by Gasteiger charge is 2.27. The SMILES string of the molecule is CN(CCCCCc1cc(-c2cccc(F)c2)n[nH]1)C(=O)C1CCN(c2ncccn2)CC1. The van der Waals surface area contributed by atoms with E-state index in [1.165, 1.54) is 12.1 Å². The molecule has 1 N–H and O–H groups in total. The number of halogens is 1. The molecule has 1 aromatic carbocycles. The number of carbonyl (C=O) groups is 1. The van der Waals surface area contributed by atoms with Crippen LogP contribution in [0.15, 0.2) is 48.8 Å². The molecule has 0 atom stereocenters. The van der Waals surface area contributed by atoms with Crippen molar-refractivity contribution in [2.45, 2.75) is 38.5 Å². The molecule has 1 fully saturated rings. The Bertz CT molecular complexity index is 1030. The van der Waals surface area contributed by atoms with E-state index >= 15 is 0 Å². The lowest BCUT2D eigenvalue weighted by Crippen LogP contribution is -2.42. The summed E-state index contributed by atoms with van der Waals surface area (Å²) >= 11 is 0. The average Bonchev–Trinajstić information content (AvgIpc) is 3.33. The van der Waals surface area contributed by atoms with Gasteiger partial charge in [0.2, 0.25) is 11.9 Å². The van der Waals surface area contributed by atoms with Gasteiger partial charge >= 0.3 is 0 Å². The van der Waals surface area contributed by atoms with Crippen LogP contribution in [0.1, 0.15) is 37.8 Å². The number of anilines is 1. The Hall–Kier alpha value is -3.29. The molecule has 4 rings (SSSR count). The van der Waals surface area contributed by atoms with Crippen LogP contribution >= 0.6 is 0 Å². The van der Waals surface area contributed by atoms with Gasteiger partial charge in [-0.25, -0.2) is 14.4 Å². The van der Waals surface area contributed by atoms with Crippen LogP contribution in [0.5, 0.6) is 0 Å². The van der Waals surface area contributed by atoms with Gasteiger partial charge in [-0.1, -0.05) is 18.6 Å². The highest BCUT2D eigenvalue weighted by molar-refractivity contribution is 5.78. The van der Waals surface area contributed by atoms with E-state index in [1.807, 2.05) is 30.1 Å². The second-order valence-electron chi connectivity index (χ2n) is 8.67. The maximum absolute atomic E-state index is 13.4. The lowest BCUT2D eigenvalue weighted by molar-refractivity contribution is -0.134. The summed E-state index contributed by atoms with van der Waals surface area (Å²) in [6, 6.07) is 10.3. The highest BCUT2D eigenvalue weighted by Crippen LogP contribution is 2.22. The number of piperidine rings is 1. The molecule has 1 aliphatic rings. The third-order valence-electron chi connectivity index (χ3n) is 6.25. The van der Waals surface area contributed by atoms with E-state index in [-0.39, 0.29) is 17.6 Å². The van der Waals surface area contributed by atoms with Gasteiger partial charge < -0.3 is 9.80 Å². The number of nitrogens with zero attached hydrogens (tertiary/aromatic N) is 5. The van der Waals surface area contributed by atoms with E-state index in [0.717, 1.165) is 81.1 Å². The molecule has 1 amide bonds. The van der Waals surface area contributed by atoms with Gasteiger partial charge in [-0.05, 0) is 56.4 Å². The number of H-pyrrole nitrogens is 1. The standard InChI is InChI=1S/C25H31FN6O/c1-31(24(33)19-10-15-32(16-11-19)25-27-12-6-13-28-25)14-4-2-3-9-22-18-23(30-29-22)20-7-5-8-21(26)17-20/h5-8,12-13,17-19H,2-4,9-11,14-16H2,1H3,(H,29,30). The quantitative estimate of drug-likeness (QED) is 0.497. The average molecular weight is 451 g/mol. The molecule has 0 saturated carbocycles. The summed E-state index contributed by atoms with van der Waals surface area (Å²) in [6.45, 7) is 2.41. The number of carbonyl (C=O) groups excluding carboxylic acids is 1. The van der Waals surface area contributed by atoms with Crippen LogP contribution in [-0.4, -0.2) is 57.7 Å². The number of benzene rings is 1. The zero-order chi connectivity index (χ0) is 23.0. The van der Waals surface area contributed by atoms with Crippen LogP contribution in [0.2, 0.25) is 0 Å². The van der Waals surface area contributed by atoms with Gasteiger partial charge in [0.25, 0.3) is 0 Å². The molecule has 0 bridgehead atoms. The molecule has 1 aliphatic heterocycles. The molecular weight excluding hydrogens is 419 g/mol. The first-order valence-electron chi connectivity index (χ1n) is 11.7. The first kappa shape index (κ1) is 22.9. The van der Waals surface area contributed by atoms with E-state index in [0.29, 0.717) is 0 Å².